The van der Waals surface area contributed by atoms with Crippen molar-refractivity contribution in [3.63, 3.8) is 0 Å². The third kappa shape index (κ3) is 5.22. The summed E-state index contributed by atoms with van der Waals surface area (Å²) in [6.45, 7) is -2.01. The fourth-order valence-corrected chi connectivity index (χ4v) is 1.31. The normalized spacial score (nSPS) is 11.2. The molecular formula is C11H10F4N2O3. The maximum absolute atomic E-state index is 12.9. The van der Waals surface area contributed by atoms with Gasteiger partial charge in [0.15, 0.2) is 0 Å². The van der Waals surface area contributed by atoms with Crippen LogP contribution in [0.3, 0.4) is 0 Å². The summed E-state index contributed by atoms with van der Waals surface area (Å²) in [5.74, 6) is -3.15. The minimum atomic E-state index is -4.46. The first-order valence-corrected chi connectivity index (χ1v) is 5.29. The number of nitrogens with one attached hydrogen (secondary N) is 2. The van der Waals surface area contributed by atoms with Gasteiger partial charge in [-0.3, -0.25) is 4.79 Å². The molecule has 0 heterocycles. The van der Waals surface area contributed by atoms with Crippen LogP contribution in [0, 0.1) is 5.82 Å². The molecule has 0 aliphatic carbocycles. The molecule has 20 heavy (non-hydrogen) atoms. The Morgan fingerprint density at radius 1 is 1.25 bits per heavy atom. The van der Waals surface area contributed by atoms with Crippen LogP contribution in [0.25, 0.3) is 0 Å². The van der Waals surface area contributed by atoms with Gasteiger partial charge in [0.25, 0.3) is 0 Å². The highest BCUT2D eigenvalue weighted by Crippen LogP contribution is 2.17. The van der Waals surface area contributed by atoms with Gasteiger partial charge in [0.2, 0.25) is 5.91 Å². The van der Waals surface area contributed by atoms with E-state index in [0.29, 0.717) is 6.07 Å². The molecule has 9 heteroatoms. The van der Waals surface area contributed by atoms with Crippen LogP contribution in [-0.2, 0) is 4.79 Å². The number of rotatable bonds is 5. The Labute approximate surface area is 110 Å². The van der Waals surface area contributed by atoms with Gasteiger partial charge < -0.3 is 15.7 Å². The average molecular weight is 294 g/mol. The number of amides is 1. The van der Waals surface area contributed by atoms with Crippen LogP contribution in [0.15, 0.2) is 18.2 Å². The van der Waals surface area contributed by atoms with E-state index in [-0.39, 0.29) is 5.69 Å². The highest BCUT2D eigenvalue weighted by atomic mass is 19.4. The van der Waals surface area contributed by atoms with Crippen molar-refractivity contribution in [2.45, 2.75) is 6.18 Å². The van der Waals surface area contributed by atoms with Crippen LogP contribution >= 0.6 is 0 Å². The zero-order chi connectivity index (χ0) is 15.3. The van der Waals surface area contributed by atoms with Gasteiger partial charge in [-0.2, -0.15) is 13.2 Å². The van der Waals surface area contributed by atoms with Crippen molar-refractivity contribution < 1.29 is 32.3 Å². The molecule has 0 atom stereocenters. The van der Waals surface area contributed by atoms with Crippen LogP contribution < -0.4 is 10.6 Å². The lowest BCUT2D eigenvalue weighted by atomic mass is 10.1. The fourth-order valence-electron chi connectivity index (χ4n) is 1.31. The Morgan fingerprint density at radius 2 is 1.90 bits per heavy atom. The first kappa shape index (κ1) is 15.9. The van der Waals surface area contributed by atoms with Gasteiger partial charge in [-0.25, -0.2) is 9.18 Å². The van der Waals surface area contributed by atoms with Crippen LogP contribution in [0.1, 0.15) is 10.4 Å². The van der Waals surface area contributed by atoms with Crippen LogP contribution in [-0.4, -0.2) is 36.2 Å². The Morgan fingerprint density at radius 3 is 2.45 bits per heavy atom. The van der Waals surface area contributed by atoms with E-state index < -0.39 is 42.5 Å². The number of carboxylic acid groups (broad SMARTS) is 1. The maximum atomic E-state index is 12.9. The number of carbonyl (C=O) groups excluding carboxylic acids is 1. The van der Waals surface area contributed by atoms with Gasteiger partial charge in [0, 0.05) is 0 Å². The summed E-state index contributed by atoms with van der Waals surface area (Å²) in [5.41, 5.74) is -0.688. The van der Waals surface area contributed by atoms with Gasteiger partial charge in [-0.15, -0.1) is 0 Å². The first-order chi connectivity index (χ1) is 9.19. The molecule has 0 aliphatic heterocycles. The van der Waals surface area contributed by atoms with Crippen molar-refractivity contribution >= 4 is 17.6 Å². The van der Waals surface area contributed by atoms with E-state index in [4.69, 9.17) is 5.11 Å². The second-order valence-electron chi connectivity index (χ2n) is 3.76. The number of alkyl halides is 3. The predicted octanol–water partition coefficient (Wildman–Crippen LogP) is 1.61. The predicted molar refractivity (Wildman–Crippen MR) is 60.9 cm³/mol. The Hall–Kier alpha value is -2.16. The number of aromatic carboxylic acids is 1. The molecule has 5 nitrogen and oxygen atoms in total. The molecule has 1 amide bonds. The lowest BCUT2D eigenvalue weighted by Crippen LogP contribution is -2.35. The number of anilines is 1. The zero-order valence-electron chi connectivity index (χ0n) is 9.92. The molecule has 0 bridgehead atoms. The van der Waals surface area contributed by atoms with Crippen molar-refractivity contribution in [1.29, 1.82) is 0 Å². The lowest BCUT2D eigenvalue weighted by molar-refractivity contribution is -0.126. The number of hydrogen-bond acceptors (Lipinski definition) is 3. The second-order valence-corrected chi connectivity index (χ2v) is 3.76. The molecule has 1 rings (SSSR count). The minimum Gasteiger partial charge on any atom is -0.478 e. The van der Waals surface area contributed by atoms with Gasteiger partial charge >= 0.3 is 12.1 Å². The van der Waals surface area contributed by atoms with Crippen molar-refractivity contribution in [2.75, 3.05) is 18.4 Å². The Balaban J connectivity index is 2.64. The maximum Gasteiger partial charge on any atom is 0.401 e. The summed E-state index contributed by atoms with van der Waals surface area (Å²) in [6.07, 6.45) is -4.46. The van der Waals surface area contributed by atoms with Crippen molar-refractivity contribution in [2.24, 2.45) is 0 Å². The van der Waals surface area contributed by atoms with E-state index in [1.807, 2.05) is 5.32 Å². The van der Waals surface area contributed by atoms with Gasteiger partial charge in [-0.05, 0) is 18.2 Å². The Bertz CT molecular complexity index is 517. The highest BCUT2D eigenvalue weighted by Gasteiger charge is 2.26. The monoisotopic (exact) mass is 294 g/mol. The molecule has 0 saturated heterocycles. The number of carbonyl (C=O) groups is 2. The lowest BCUT2D eigenvalue weighted by Gasteiger charge is -2.10. The van der Waals surface area contributed by atoms with E-state index in [1.54, 1.807) is 0 Å². The van der Waals surface area contributed by atoms with Gasteiger partial charge in [-0.1, -0.05) is 0 Å². The minimum absolute atomic E-state index is 0.197. The zero-order valence-corrected chi connectivity index (χ0v) is 9.92. The summed E-state index contributed by atoms with van der Waals surface area (Å²) in [6, 6.07) is 2.63. The molecule has 0 fully saturated rings. The molecule has 0 spiro atoms. The molecule has 0 radical (unpaired) electrons. The van der Waals surface area contributed by atoms with E-state index in [2.05, 4.69) is 5.32 Å². The number of benzene rings is 1. The average Bonchev–Trinajstić information content (AvgIpc) is 2.29. The molecular weight excluding hydrogens is 284 g/mol. The summed E-state index contributed by atoms with van der Waals surface area (Å²) < 4.78 is 48.4. The Kier molecular flexibility index (Phi) is 5.03. The smallest absolute Gasteiger partial charge is 0.401 e. The summed E-state index contributed by atoms with van der Waals surface area (Å²) in [5, 5.41) is 12.7. The first-order valence-electron chi connectivity index (χ1n) is 5.29. The van der Waals surface area contributed by atoms with Crippen LogP contribution in [0.4, 0.5) is 23.2 Å². The van der Waals surface area contributed by atoms with E-state index >= 15 is 0 Å². The number of hydrogen-bond donors (Lipinski definition) is 3. The third-order valence-electron chi connectivity index (χ3n) is 2.10. The summed E-state index contributed by atoms with van der Waals surface area (Å²) in [7, 11) is 0. The van der Waals surface area contributed by atoms with E-state index in [1.165, 1.54) is 0 Å². The largest absolute Gasteiger partial charge is 0.478 e. The summed E-state index contributed by atoms with van der Waals surface area (Å²) >= 11 is 0. The molecule has 0 saturated carbocycles. The third-order valence-corrected chi connectivity index (χ3v) is 2.10. The SMILES string of the molecule is O=C(CNCC(F)(F)F)Nc1ccc(F)cc1C(=O)O. The van der Waals surface area contributed by atoms with Crippen molar-refractivity contribution in [3.05, 3.63) is 29.6 Å². The van der Waals surface area contributed by atoms with E-state index in [0.717, 1.165) is 12.1 Å². The van der Waals surface area contributed by atoms with Crippen LogP contribution in [0.2, 0.25) is 0 Å². The fraction of sp³-hybridized carbons (Fsp3) is 0.273. The quantitative estimate of drug-likeness (QED) is 0.721. The number of carboxylic acids is 1. The standard InChI is InChI=1S/C11H10F4N2O3/c12-6-1-2-8(7(3-6)10(19)20)17-9(18)4-16-5-11(13,14)15/h1-3,16H,4-5H2,(H,17,18)(H,19,20). The highest BCUT2D eigenvalue weighted by molar-refractivity contribution is 6.01. The second kappa shape index (κ2) is 6.33. The number of halogens is 4. The van der Waals surface area contributed by atoms with Crippen LogP contribution in [0.5, 0.6) is 0 Å². The van der Waals surface area contributed by atoms with Crippen molar-refractivity contribution in [3.8, 4) is 0 Å². The van der Waals surface area contributed by atoms with Gasteiger partial charge in [0.1, 0.15) is 5.82 Å². The van der Waals surface area contributed by atoms with Crippen molar-refractivity contribution in [1.82, 2.24) is 5.32 Å². The molecule has 0 unspecified atom stereocenters. The molecule has 110 valence electrons. The summed E-state index contributed by atoms with van der Waals surface area (Å²) in [4.78, 5) is 22.1. The molecule has 3 N–H and O–H groups in total. The van der Waals surface area contributed by atoms with Gasteiger partial charge in [0.05, 0.1) is 24.3 Å². The molecule has 1 aromatic rings. The van der Waals surface area contributed by atoms with E-state index in [9.17, 15) is 27.2 Å². The molecule has 1 aromatic carbocycles. The molecule has 0 aliphatic rings. The topological polar surface area (TPSA) is 78.4 Å². The molecule has 0 aromatic heterocycles.